The van der Waals surface area contributed by atoms with Gasteiger partial charge in [0, 0.05) is 46.3 Å². The Morgan fingerprint density at radius 2 is 1.02 bits per heavy atom. The molecular formula is C39H26N2O. The van der Waals surface area contributed by atoms with Gasteiger partial charge in [-0.3, -0.25) is 4.98 Å². The largest absolute Gasteiger partial charge is 0.456 e. The van der Waals surface area contributed by atoms with Crippen molar-refractivity contribution in [3.8, 4) is 22.3 Å². The number of fused-ring (bicyclic) bond motifs is 4. The Kier molecular flexibility index (Phi) is 5.79. The lowest BCUT2D eigenvalue weighted by Crippen LogP contribution is -2.09. The molecule has 0 unspecified atom stereocenters. The molecule has 0 fully saturated rings. The summed E-state index contributed by atoms with van der Waals surface area (Å²) in [6.45, 7) is 0. The van der Waals surface area contributed by atoms with Gasteiger partial charge in [-0.25, -0.2) is 0 Å². The van der Waals surface area contributed by atoms with E-state index in [1.807, 2.05) is 18.3 Å². The first-order valence-electron chi connectivity index (χ1n) is 14.1. The Morgan fingerprint density at radius 1 is 0.429 bits per heavy atom. The van der Waals surface area contributed by atoms with Crippen molar-refractivity contribution in [1.29, 1.82) is 0 Å². The number of benzene rings is 6. The molecule has 198 valence electrons. The zero-order valence-electron chi connectivity index (χ0n) is 22.8. The predicted octanol–water partition coefficient (Wildman–Crippen LogP) is 10.9. The lowest BCUT2D eigenvalue weighted by atomic mass is 10.0. The van der Waals surface area contributed by atoms with Crippen LogP contribution in [0.1, 0.15) is 0 Å². The second-order valence-electron chi connectivity index (χ2n) is 10.5. The van der Waals surface area contributed by atoms with Crippen LogP contribution < -0.4 is 4.90 Å². The van der Waals surface area contributed by atoms with E-state index < -0.39 is 0 Å². The molecule has 3 heteroatoms. The van der Waals surface area contributed by atoms with Crippen LogP contribution in [-0.2, 0) is 0 Å². The Balaban J connectivity index is 1.26. The SMILES string of the molecule is c1ccc(-c2ccc(N(c3ccc4cc(-c5ccccc5)ccc4c3)c3ccc4c(c3)oc3ccncc34)cc2)cc1. The van der Waals surface area contributed by atoms with E-state index in [2.05, 4.69) is 143 Å². The molecule has 0 saturated heterocycles. The standard InChI is InChI=1S/C39H26N2O/c1-3-7-27(8-4-1)29-13-16-33(17-14-29)41(35-19-20-36-37-26-40-22-21-38(37)42-39(36)25-35)34-18-15-31-23-30(11-12-32(31)24-34)28-9-5-2-6-10-28/h1-26H. The van der Waals surface area contributed by atoms with Gasteiger partial charge < -0.3 is 9.32 Å². The summed E-state index contributed by atoms with van der Waals surface area (Å²) < 4.78 is 6.25. The van der Waals surface area contributed by atoms with Crippen molar-refractivity contribution < 1.29 is 4.42 Å². The summed E-state index contributed by atoms with van der Waals surface area (Å²) in [5.41, 5.74) is 9.70. The van der Waals surface area contributed by atoms with Gasteiger partial charge in [-0.1, -0.05) is 91.0 Å². The van der Waals surface area contributed by atoms with Crippen molar-refractivity contribution in [3.63, 3.8) is 0 Å². The smallest absolute Gasteiger partial charge is 0.138 e. The maximum absolute atomic E-state index is 6.25. The number of hydrogen-bond acceptors (Lipinski definition) is 3. The number of aromatic nitrogens is 1. The van der Waals surface area contributed by atoms with E-state index in [-0.39, 0.29) is 0 Å². The maximum atomic E-state index is 6.25. The molecule has 0 amide bonds. The van der Waals surface area contributed by atoms with Gasteiger partial charge >= 0.3 is 0 Å². The normalized spacial score (nSPS) is 11.3. The van der Waals surface area contributed by atoms with Crippen molar-refractivity contribution in [2.75, 3.05) is 4.90 Å². The van der Waals surface area contributed by atoms with Crippen LogP contribution in [0.15, 0.2) is 162 Å². The third kappa shape index (κ3) is 4.29. The summed E-state index contributed by atoms with van der Waals surface area (Å²) in [5, 5.41) is 4.49. The fraction of sp³-hybridized carbons (Fsp3) is 0. The van der Waals surface area contributed by atoms with Gasteiger partial charge in [-0.05, 0) is 81.6 Å². The zero-order chi connectivity index (χ0) is 27.9. The van der Waals surface area contributed by atoms with E-state index in [0.717, 1.165) is 39.0 Å². The van der Waals surface area contributed by atoms with Crippen LogP contribution >= 0.6 is 0 Å². The summed E-state index contributed by atoms with van der Waals surface area (Å²) >= 11 is 0. The average Bonchev–Trinajstić information content (AvgIpc) is 3.44. The van der Waals surface area contributed by atoms with Crippen molar-refractivity contribution in [3.05, 3.63) is 158 Å². The molecule has 3 nitrogen and oxygen atoms in total. The predicted molar refractivity (Wildman–Crippen MR) is 175 cm³/mol. The summed E-state index contributed by atoms with van der Waals surface area (Å²) in [6, 6.07) is 51.5. The number of rotatable bonds is 5. The fourth-order valence-corrected chi connectivity index (χ4v) is 5.81. The summed E-state index contributed by atoms with van der Waals surface area (Å²) in [7, 11) is 0. The van der Waals surface area contributed by atoms with Crippen LogP contribution in [0.25, 0.3) is 55.0 Å². The van der Waals surface area contributed by atoms with E-state index in [4.69, 9.17) is 4.42 Å². The van der Waals surface area contributed by atoms with Gasteiger partial charge in [-0.2, -0.15) is 0 Å². The number of hydrogen-bond donors (Lipinski definition) is 0. The number of anilines is 3. The molecular weight excluding hydrogens is 512 g/mol. The van der Waals surface area contributed by atoms with Crippen LogP contribution in [0.5, 0.6) is 0 Å². The third-order valence-corrected chi connectivity index (χ3v) is 7.94. The first-order valence-corrected chi connectivity index (χ1v) is 14.1. The maximum Gasteiger partial charge on any atom is 0.138 e. The van der Waals surface area contributed by atoms with Crippen molar-refractivity contribution >= 4 is 49.8 Å². The molecule has 42 heavy (non-hydrogen) atoms. The summed E-state index contributed by atoms with van der Waals surface area (Å²) in [5.74, 6) is 0. The Morgan fingerprint density at radius 3 is 1.81 bits per heavy atom. The van der Waals surface area contributed by atoms with Crippen molar-refractivity contribution in [2.24, 2.45) is 0 Å². The quantitative estimate of drug-likeness (QED) is 0.218. The second kappa shape index (κ2) is 10.1. The number of nitrogens with zero attached hydrogens (tertiary/aromatic N) is 2. The van der Waals surface area contributed by atoms with E-state index in [1.165, 1.54) is 33.0 Å². The molecule has 0 spiro atoms. The Bertz CT molecular complexity index is 2180. The van der Waals surface area contributed by atoms with Gasteiger partial charge in [0.1, 0.15) is 11.2 Å². The van der Waals surface area contributed by atoms with E-state index in [9.17, 15) is 0 Å². The van der Waals surface area contributed by atoms with Crippen molar-refractivity contribution in [2.45, 2.75) is 0 Å². The molecule has 0 radical (unpaired) electrons. The minimum Gasteiger partial charge on any atom is -0.456 e. The Labute approximate surface area is 243 Å². The molecule has 0 aliphatic carbocycles. The summed E-state index contributed by atoms with van der Waals surface area (Å²) in [4.78, 5) is 6.60. The molecule has 0 aliphatic heterocycles. The molecule has 0 aliphatic rings. The van der Waals surface area contributed by atoms with Crippen LogP contribution in [-0.4, -0.2) is 4.98 Å². The Hall–Kier alpha value is -5.67. The first kappa shape index (κ1) is 24.2. The molecule has 2 aromatic heterocycles. The van der Waals surface area contributed by atoms with Crippen LogP contribution in [0.2, 0.25) is 0 Å². The lowest BCUT2D eigenvalue weighted by Gasteiger charge is -2.26. The number of pyridine rings is 1. The molecule has 0 N–H and O–H groups in total. The van der Waals surface area contributed by atoms with E-state index in [1.54, 1.807) is 6.20 Å². The highest BCUT2D eigenvalue weighted by Crippen LogP contribution is 2.40. The molecule has 2 heterocycles. The third-order valence-electron chi connectivity index (χ3n) is 7.94. The minimum absolute atomic E-state index is 0.842. The topological polar surface area (TPSA) is 29.3 Å². The molecule has 0 saturated carbocycles. The lowest BCUT2D eigenvalue weighted by molar-refractivity contribution is 0.668. The van der Waals surface area contributed by atoms with Crippen molar-refractivity contribution in [1.82, 2.24) is 4.98 Å². The highest BCUT2D eigenvalue weighted by molar-refractivity contribution is 6.05. The highest BCUT2D eigenvalue weighted by atomic mass is 16.3. The molecule has 6 aromatic carbocycles. The fourth-order valence-electron chi connectivity index (χ4n) is 5.81. The zero-order valence-corrected chi connectivity index (χ0v) is 22.8. The monoisotopic (exact) mass is 538 g/mol. The van der Waals surface area contributed by atoms with Crippen LogP contribution in [0.3, 0.4) is 0 Å². The second-order valence-corrected chi connectivity index (χ2v) is 10.5. The summed E-state index contributed by atoms with van der Waals surface area (Å²) in [6.07, 6.45) is 3.64. The van der Waals surface area contributed by atoms with Crippen LogP contribution in [0.4, 0.5) is 17.1 Å². The van der Waals surface area contributed by atoms with Gasteiger partial charge in [0.15, 0.2) is 0 Å². The molecule has 0 bridgehead atoms. The van der Waals surface area contributed by atoms with Gasteiger partial charge in [0.2, 0.25) is 0 Å². The number of furan rings is 1. The van der Waals surface area contributed by atoms with Gasteiger partial charge in [0.25, 0.3) is 0 Å². The molecule has 8 rings (SSSR count). The van der Waals surface area contributed by atoms with E-state index in [0.29, 0.717) is 0 Å². The molecule has 0 atom stereocenters. The van der Waals surface area contributed by atoms with Crippen LogP contribution in [0, 0.1) is 0 Å². The van der Waals surface area contributed by atoms with Gasteiger partial charge in [0.05, 0.1) is 0 Å². The first-order chi connectivity index (χ1) is 20.8. The van der Waals surface area contributed by atoms with Gasteiger partial charge in [-0.15, -0.1) is 0 Å². The minimum atomic E-state index is 0.842. The highest BCUT2D eigenvalue weighted by Gasteiger charge is 2.16. The van der Waals surface area contributed by atoms with E-state index >= 15 is 0 Å². The molecule has 8 aromatic rings. The average molecular weight is 539 g/mol.